The van der Waals surface area contributed by atoms with Crippen LogP contribution in [0.1, 0.15) is 12.8 Å². The monoisotopic (exact) mass is 625 g/mol. The minimum atomic E-state index is -3.86. The molecular weight excluding hydrogens is 605 g/mol. The summed E-state index contributed by atoms with van der Waals surface area (Å²) >= 11 is 6.08. The predicted octanol–water partition coefficient (Wildman–Crippen LogP) is 1.65. The highest BCUT2D eigenvalue weighted by Gasteiger charge is 2.38. The lowest BCUT2D eigenvalue weighted by Gasteiger charge is -2.35. The molecule has 0 unspecified atom stereocenters. The number of benzene rings is 2. The van der Waals surface area contributed by atoms with Crippen molar-refractivity contribution in [1.29, 1.82) is 0 Å². The molecule has 6 nitrogen and oxygen atoms in total. The number of hydrogen-bond acceptors (Lipinski definition) is 7. The van der Waals surface area contributed by atoms with Gasteiger partial charge in [-0.05, 0) is 44.2 Å². The molecule has 3 aromatic rings. The molecule has 0 amide bonds. The number of likely N-dealkylation sites (N-methyl/N-ethyl adjacent to an activating group) is 1. The fourth-order valence-electron chi connectivity index (χ4n) is 3.64. The summed E-state index contributed by atoms with van der Waals surface area (Å²) in [4.78, 5) is 5.63. The molecule has 1 atom stereocenters. The highest BCUT2D eigenvalue weighted by Crippen LogP contribution is 2.35. The second-order valence-corrected chi connectivity index (χ2v) is 15.9. The number of nitrogens with zero attached hydrogens (tertiary/aromatic N) is 2. The van der Waals surface area contributed by atoms with Gasteiger partial charge in [0, 0.05) is 25.2 Å². The van der Waals surface area contributed by atoms with Gasteiger partial charge in [-0.2, -0.15) is 13.4 Å². The van der Waals surface area contributed by atoms with Gasteiger partial charge in [0.05, 0.1) is 33.0 Å². The van der Waals surface area contributed by atoms with E-state index in [4.69, 9.17) is 11.6 Å². The lowest BCUT2D eigenvalue weighted by molar-refractivity contribution is -0.469. The summed E-state index contributed by atoms with van der Waals surface area (Å²) in [5, 5.41) is 8.02. The van der Waals surface area contributed by atoms with Gasteiger partial charge in [-0.15, -0.1) is 11.3 Å². The summed E-state index contributed by atoms with van der Waals surface area (Å²) in [6.45, 7) is 1.46. The fraction of sp³-hybridized carbons (Fsp3) is 0.286. The molecule has 1 saturated heterocycles. The summed E-state index contributed by atoms with van der Waals surface area (Å²) in [5.74, 6) is -1.28. The van der Waals surface area contributed by atoms with Crippen LogP contribution in [0.5, 0.6) is 0 Å². The molecule has 2 N–H and O–H groups in total. The van der Waals surface area contributed by atoms with Crippen molar-refractivity contribution < 1.29 is 37.0 Å². The Balaban J connectivity index is 1.63. The largest absolute Gasteiger partial charge is 0.487 e. The normalized spacial score (nSPS) is 16.7. The van der Waals surface area contributed by atoms with Gasteiger partial charge >= 0.3 is 30.5 Å². The Morgan fingerprint density at radius 1 is 1.24 bits per heavy atom. The number of nitrogens with one attached hydrogen (secondary N) is 2. The molecule has 1 aromatic heterocycles. The first kappa shape index (κ1) is 24.6. The molecule has 33 heavy (non-hydrogen) atoms. The first-order chi connectivity index (χ1) is 15.8. The molecule has 12 heteroatoms. The van der Waals surface area contributed by atoms with Gasteiger partial charge in [-0.1, -0.05) is 11.6 Å². The minimum Gasteiger partial charge on any atom is -0.368 e. The first-order valence-corrected chi connectivity index (χ1v) is 16.5. The van der Waals surface area contributed by atoms with E-state index in [9.17, 15) is 17.2 Å². The van der Waals surface area contributed by atoms with Crippen LogP contribution in [0.25, 0.3) is 0 Å². The fourth-order valence-corrected chi connectivity index (χ4v) is 10.9. The Kier molecular flexibility index (Phi) is 7.73. The second-order valence-electron chi connectivity index (χ2n) is 7.45. The molecule has 2 heterocycles. The zero-order valence-corrected chi connectivity index (χ0v) is 22.0. The van der Waals surface area contributed by atoms with Crippen LogP contribution in [0.4, 0.5) is 25.8 Å². The molecule has 0 radical (unpaired) electrons. The van der Waals surface area contributed by atoms with Crippen molar-refractivity contribution in [1.82, 2.24) is 10.3 Å². The Labute approximate surface area is 209 Å². The van der Waals surface area contributed by atoms with Crippen LogP contribution < -0.4 is 35.4 Å². The van der Waals surface area contributed by atoms with E-state index in [1.54, 1.807) is 17.0 Å². The van der Waals surface area contributed by atoms with Crippen molar-refractivity contribution >= 4 is 47.0 Å². The molecule has 1 aliphatic rings. The Morgan fingerprint density at radius 2 is 2.06 bits per heavy atom. The van der Waals surface area contributed by atoms with Crippen LogP contribution in [0.3, 0.4) is 0 Å². The van der Waals surface area contributed by atoms with E-state index in [-0.39, 0.29) is 22.6 Å². The number of anilines is 3. The summed E-state index contributed by atoms with van der Waals surface area (Å²) in [6, 6.07) is 6.79. The van der Waals surface area contributed by atoms with Crippen molar-refractivity contribution in [3.05, 3.63) is 61.6 Å². The summed E-state index contributed by atoms with van der Waals surface area (Å²) in [6.07, 6.45) is 1.98. The Bertz CT molecular complexity index is 1250. The molecule has 0 spiro atoms. The van der Waals surface area contributed by atoms with Crippen LogP contribution in [0.2, 0.25) is 5.02 Å². The summed E-state index contributed by atoms with van der Waals surface area (Å²) < 4.78 is 54.9. The number of rotatable bonds is 7. The van der Waals surface area contributed by atoms with Gasteiger partial charge in [0.15, 0.2) is 4.90 Å². The Morgan fingerprint density at radius 3 is 2.79 bits per heavy atom. The topological polar surface area (TPSA) is 74.3 Å². The third-order valence-corrected chi connectivity index (χ3v) is 12.9. The van der Waals surface area contributed by atoms with Gasteiger partial charge in [0.25, 0.3) is 0 Å². The SMILES string of the molecule is CN[C@@H]1CCCN(c2cc(F)ccc2Nc2cc(F)c(S(=O)(=O)[I+]c3cscn3)cc2Cl)C1. The number of hydrogen-bond donors (Lipinski definition) is 2. The van der Waals surface area contributed by atoms with Crippen molar-refractivity contribution in [3.63, 3.8) is 0 Å². The number of aromatic nitrogens is 1. The third kappa shape index (κ3) is 5.76. The van der Waals surface area contributed by atoms with Crippen molar-refractivity contribution in [2.24, 2.45) is 0 Å². The zero-order valence-electron chi connectivity index (χ0n) is 17.5. The van der Waals surface area contributed by atoms with E-state index in [1.165, 1.54) is 23.5 Å². The minimum absolute atomic E-state index is 0.0549. The van der Waals surface area contributed by atoms with Crippen molar-refractivity contribution in [3.8, 4) is 0 Å². The lowest BCUT2D eigenvalue weighted by Crippen LogP contribution is -3.63. The zero-order chi connectivity index (χ0) is 23.6. The molecule has 176 valence electrons. The molecule has 0 bridgehead atoms. The van der Waals surface area contributed by atoms with Crippen LogP contribution in [-0.2, 0) is 7.01 Å². The first-order valence-electron chi connectivity index (χ1n) is 10.0. The van der Waals surface area contributed by atoms with Crippen LogP contribution >= 0.6 is 22.9 Å². The molecule has 0 saturated carbocycles. The lowest BCUT2D eigenvalue weighted by atomic mass is 10.0. The Hall–Kier alpha value is -1.54. The van der Waals surface area contributed by atoms with Gasteiger partial charge < -0.3 is 15.5 Å². The van der Waals surface area contributed by atoms with Gasteiger partial charge in [0.2, 0.25) is 0 Å². The summed E-state index contributed by atoms with van der Waals surface area (Å²) in [5.41, 5.74) is 2.94. The summed E-state index contributed by atoms with van der Waals surface area (Å²) in [7, 11) is -1.97. The number of thiazole rings is 1. The molecule has 1 aliphatic heterocycles. The van der Waals surface area contributed by atoms with Crippen LogP contribution in [-0.4, -0.2) is 39.6 Å². The van der Waals surface area contributed by atoms with E-state index in [1.807, 2.05) is 7.05 Å². The maximum atomic E-state index is 14.9. The van der Waals surface area contributed by atoms with E-state index < -0.39 is 37.5 Å². The average molecular weight is 626 g/mol. The molecule has 4 rings (SSSR count). The van der Waals surface area contributed by atoms with Gasteiger partial charge in [0.1, 0.15) is 11.6 Å². The van der Waals surface area contributed by atoms with Gasteiger partial charge in [-0.3, -0.25) is 0 Å². The molecule has 1 fully saturated rings. The van der Waals surface area contributed by atoms with Gasteiger partial charge in [-0.25, -0.2) is 8.78 Å². The standard InChI is InChI=1S/C21H21ClF2IN4O2S2/c1-26-14-3-2-6-29(10-14)19-7-13(23)4-5-17(19)28-18-9-16(24)20(8-15(18)22)33(30,31)25-21-11-32-12-27-21/h4-5,7-9,11-12,14,26,28H,2-3,6,10H2,1H3/q+1/t14-/m1/s1. The molecule has 0 aliphatic carbocycles. The number of halogens is 4. The van der Waals surface area contributed by atoms with Crippen molar-refractivity contribution in [2.75, 3.05) is 30.4 Å². The van der Waals surface area contributed by atoms with Crippen LogP contribution in [0.15, 0.2) is 46.1 Å². The maximum Gasteiger partial charge on any atom is 0.487 e. The predicted molar refractivity (Wildman–Crippen MR) is 123 cm³/mol. The quantitative estimate of drug-likeness (QED) is 0.308. The highest BCUT2D eigenvalue weighted by atomic mass is 127. The van der Waals surface area contributed by atoms with E-state index in [2.05, 4.69) is 20.5 Å². The van der Waals surface area contributed by atoms with Crippen LogP contribution in [0, 0.1) is 15.3 Å². The van der Waals surface area contributed by atoms with E-state index >= 15 is 0 Å². The second kappa shape index (κ2) is 10.4. The average Bonchev–Trinajstić information content (AvgIpc) is 3.29. The van der Waals surface area contributed by atoms with E-state index in [0.29, 0.717) is 21.6 Å². The molecule has 2 aromatic carbocycles. The van der Waals surface area contributed by atoms with Crippen molar-refractivity contribution in [2.45, 2.75) is 23.8 Å². The smallest absolute Gasteiger partial charge is 0.368 e. The third-order valence-electron chi connectivity index (χ3n) is 5.27. The van der Waals surface area contributed by atoms with E-state index in [0.717, 1.165) is 31.5 Å². The highest BCUT2D eigenvalue weighted by molar-refractivity contribution is 7.84. The molecular formula is C21H21ClF2IN4O2S2+. The maximum absolute atomic E-state index is 14.9. The number of piperidine rings is 1.